The minimum atomic E-state index is -0.0927. The van der Waals surface area contributed by atoms with Gasteiger partial charge < -0.3 is 9.88 Å². The average molecular weight is 329 g/mol. The molecular formula is C18H23N3OS. The molecule has 1 atom stereocenters. The number of rotatable bonds is 4. The van der Waals surface area contributed by atoms with Gasteiger partial charge in [-0.1, -0.05) is 19.1 Å². The normalized spacial score (nSPS) is 23.2. The fourth-order valence-electron chi connectivity index (χ4n) is 3.65. The van der Waals surface area contributed by atoms with Crippen LogP contribution in [0.2, 0.25) is 0 Å². The largest absolute Gasteiger partial charge is 0.342 e. The molecule has 1 amide bonds. The summed E-state index contributed by atoms with van der Waals surface area (Å²) in [7, 11) is 0. The van der Waals surface area contributed by atoms with Crippen LogP contribution in [0.3, 0.4) is 0 Å². The first-order chi connectivity index (χ1) is 11.2. The number of hydrogen-bond donors (Lipinski definition) is 1. The minimum absolute atomic E-state index is 0.0927. The molecule has 23 heavy (non-hydrogen) atoms. The molecule has 2 heterocycles. The van der Waals surface area contributed by atoms with E-state index in [9.17, 15) is 4.79 Å². The first kappa shape index (κ1) is 15.1. The zero-order chi connectivity index (χ0) is 15.9. The Kier molecular flexibility index (Phi) is 3.84. The fraction of sp³-hybridized carbons (Fsp3) is 0.556. The average Bonchev–Trinajstić information content (AvgIpc) is 3.23. The van der Waals surface area contributed by atoms with Crippen LogP contribution in [0.4, 0.5) is 0 Å². The second-order valence-corrected chi connectivity index (χ2v) is 8.30. The number of fused-ring (bicyclic) bond motifs is 1. The Hall–Kier alpha value is -1.49. The van der Waals surface area contributed by atoms with Gasteiger partial charge in [0.05, 0.1) is 15.8 Å². The van der Waals surface area contributed by atoms with E-state index in [0.717, 1.165) is 61.4 Å². The van der Waals surface area contributed by atoms with Crippen LogP contribution >= 0.6 is 11.8 Å². The predicted molar refractivity (Wildman–Crippen MR) is 94.7 cm³/mol. The number of thioether (sulfide) groups is 1. The van der Waals surface area contributed by atoms with Crippen molar-refractivity contribution in [2.45, 2.75) is 43.3 Å². The first-order valence-corrected chi connectivity index (χ1v) is 9.58. The lowest BCUT2D eigenvalue weighted by Crippen LogP contribution is -2.44. The van der Waals surface area contributed by atoms with Gasteiger partial charge in [0.15, 0.2) is 0 Å². The Morgan fingerprint density at radius 3 is 3.00 bits per heavy atom. The van der Waals surface area contributed by atoms with Crippen LogP contribution in [0, 0.1) is 0 Å². The van der Waals surface area contributed by atoms with E-state index >= 15 is 0 Å². The molecule has 1 N–H and O–H groups in total. The third-order valence-corrected chi connectivity index (χ3v) is 6.44. The van der Waals surface area contributed by atoms with Crippen LogP contribution in [0.25, 0.3) is 11.0 Å². The number of nitrogens with zero attached hydrogens (tertiary/aromatic N) is 2. The van der Waals surface area contributed by atoms with Crippen LogP contribution in [-0.4, -0.2) is 44.4 Å². The molecule has 1 saturated carbocycles. The van der Waals surface area contributed by atoms with Crippen molar-refractivity contribution in [3.8, 4) is 0 Å². The van der Waals surface area contributed by atoms with Crippen LogP contribution in [0.15, 0.2) is 24.3 Å². The summed E-state index contributed by atoms with van der Waals surface area (Å²) in [6, 6.07) is 8.15. The van der Waals surface area contributed by atoms with Gasteiger partial charge in [0.1, 0.15) is 5.82 Å². The second kappa shape index (κ2) is 5.86. The molecule has 2 aliphatic rings. The molecule has 0 spiro atoms. The Bertz CT molecular complexity index is 689. The molecule has 1 aromatic carbocycles. The third-order valence-electron chi connectivity index (χ3n) is 5.02. The Labute approximate surface area is 141 Å². The summed E-state index contributed by atoms with van der Waals surface area (Å²) < 4.78 is -0.0927. The number of likely N-dealkylation sites (tertiary alicyclic amines) is 1. The smallest absolute Gasteiger partial charge is 0.238 e. The van der Waals surface area contributed by atoms with Crippen molar-refractivity contribution >= 4 is 28.7 Å². The molecule has 1 saturated heterocycles. The van der Waals surface area contributed by atoms with Crippen LogP contribution in [-0.2, 0) is 4.79 Å². The standard InChI is InChI=1S/C18H23N3OS/c1-2-23-18(9-10-18)17(22)21-11-5-6-13(12-21)16-19-14-7-3-4-8-15(14)20-16/h3-4,7-8,13H,2,5-6,9-12H2,1H3,(H,19,20). The Morgan fingerprint density at radius 1 is 1.43 bits per heavy atom. The maximum absolute atomic E-state index is 12.9. The fourth-order valence-corrected chi connectivity index (χ4v) is 4.84. The predicted octanol–water partition coefficient (Wildman–Crippen LogP) is 3.55. The number of carbonyl (C=O) groups excluding carboxylic acids is 1. The van der Waals surface area contributed by atoms with Crippen molar-refractivity contribution in [1.29, 1.82) is 0 Å². The molecule has 1 aliphatic carbocycles. The molecule has 1 aromatic heterocycles. The summed E-state index contributed by atoms with van der Waals surface area (Å²) in [5.41, 5.74) is 2.11. The molecule has 0 bridgehead atoms. The lowest BCUT2D eigenvalue weighted by atomic mass is 9.97. The highest BCUT2D eigenvalue weighted by atomic mass is 32.2. The number of H-pyrrole nitrogens is 1. The third kappa shape index (κ3) is 2.75. The highest BCUT2D eigenvalue weighted by Crippen LogP contribution is 2.50. The SMILES string of the molecule is CCSC1(C(=O)N2CCCC(c3nc4ccccc4[nH]3)C2)CC1. The maximum atomic E-state index is 12.9. The van der Waals surface area contributed by atoms with Gasteiger partial charge in [0, 0.05) is 19.0 Å². The number of imidazole rings is 1. The second-order valence-electron chi connectivity index (χ2n) is 6.66. The van der Waals surface area contributed by atoms with E-state index in [2.05, 4.69) is 22.9 Å². The van der Waals surface area contributed by atoms with Gasteiger partial charge in [-0.15, -0.1) is 11.8 Å². The van der Waals surface area contributed by atoms with Gasteiger partial charge in [-0.2, -0.15) is 0 Å². The summed E-state index contributed by atoms with van der Waals surface area (Å²) in [5, 5.41) is 0. The van der Waals surface area contributed by atoms with Crippen molar-refractivity contribution in [3.63, 3.8) is 0 Å². The molecule has 0 radical (unpaired) electrons. The number of carbonyl (C=O) groups is 1. The maximum Gasteiger partial charge on any atom is 0.238 e. The Balaban J connectivity index is 1.51. The first-order valence-electron chi connectivity index (χ1n) is 8.60. The van der Waals surface area contributed by atoms with E-state index in [-0.39, 0.29) is 4.75 Å². The van der Waals surface area contributed by atoms with Crippen molar-refractivity contribution in [2.24, 2.45) is 0 Å². The Morgan fingerprint density at radius 2 is 2.26 bits per heavy atom. The van der Waals surface area contributed by atoms with Crippen molar-refractivity contribution in [1.82, 2.24) is 14.9 Å². The number of piperidine rings is 1. The summed E-state index contributed by atoms with van der Waals surface area (Å²) in [4.78, 5) is 23.2. The molecule has 1 aliphatic heterocycles. The van der Waals surface area contributed by atoms with E-state index in [1.165, 1.54) is 0 Å². The summed E-state index contributed by atoms with van der Waals surface area (Å²) in [6.45, 7) is 3.86. The molecule has 4 rings (SSSR count). The van der Waals surface area contributed by atoms with E-state index in [1.54, 1.807) is 0 Å². The van der Waals surface area contributed by atoms with E-state index in [1.807, 2.05) is 30.0 Å². The van der Waals surface area contributed by atoms with Gasteiger partial charge in [-0.3, -0.25) is 4.79 Å². The van der Waals surface area contributed by atoms with E-state index < -0.39 is 0 Å². The number of nitrogens with one attached hydrogen (secondary N) is 1. The molecule has 5 heteroatoms. The number of amides is 1. The lowest BCUT2D eigenvalue weighted by molar-refractivity contribution is -0.132. The van der Waals surface area contributed by atoms with Gasteiger partial charge >= 0.3 is 0 Å². The van der Waals surface area contributed by atoms with Gasteiger partial charge in [-0.05, 0) is 43.6 Å². The molecule has 4 nitrogen and oxygen atoms in total. The topological polar surface area (TPSA) is 49.0 Å². The summed E-state index contributed by atoms with van der Waals surface area (Å²) >= 11 is 1.83. The minimum Gasteiger partial charge on any atom is -0.342 e. The van der Waals surface area contributed by atoms with Gasteiger partial charge in [0.2, 0.25) is 5.91 Å². The monoisotopic (exact) mass is 329 g/mol. The highest BCUT2D eigenvalue weighted by Gasteiger charge is 2.52. The summed E-state index contributed by atoms with van der Waals surface area (Å²) in [6.07, 6.45) is 4.28. The number of para-hydroxylation sites is 2. The van der Waals surface area contributed by atoms with Crippen LogP contribution in [0.1, 0.15) is 44.3 Å². The van der Waals surface area contributed by atoms with E-state index in [4.69, 9.17) is 4.98 Å². The zero-order valence-electron chi connectivity index (χ0n) is 13.5. The molecule has 122 valence electrons. The summed E-state index contributed by atoms with van der Waals surface area (Å²) in [5.74, 6) is 2.76. The number of benzene rings is 1. The van der Waals surface area contributed by atoms with Crippen molar-refractivity contribution in [3.05, 3.63) is 30.1 Å². The van der Waals surface area contributed by atoms with Crippen molar-refractivity contribution in [2.75, 3.05) is 18.8 Å². The highest BCUT2D eigenvalue weighted by molar-refractivity contribution is 8.01. The van der Waals surface area contributed by atoms with Crippen LogP contribution in [0.5, 0.6) is 0 Å². The van der Waals surface area contributed by atoms with Crippen LogP contribution < -0.4 is 0 Å². The molecular weight excluding hydrogens is 306 g/mol. The molecule has 1 unspecified atom stereocenters. The van der Waals surface area contributed by atoms with Crippen molar-refractivity contribution < 1.29 is 4.79 Å². The van der Waals surface area contributed by atoms with Gasteiger partial charge in [0.25, 0.3) is 0 Å². The van der Waals surface area contributed by atoms with E-state index in [0.29, 0.717) is 11.8 Å². The zero-order valence-corrected chi connectivity index (χ0v) is 14.4. The quantitative estimate of drug-likeness (QED) is 0.933. The van der Waals surface area contributed by atoms with Gasteiger partial charge in [-0.25, -0.2) is 4.98 Å². The molecule has 2 aromatic rings. The lowest BCUT2D eigenvalue weighted by Gasteiger charge is -2.34. The number of aromatic amines is 1. The molecule has 2 fully saturated rings. The number of aromatic nitrogens is 2. The number of hydrogen-bond acceptors (Lipinski definition) is 3.